The fraction of sp³-hybridized carbons (Fsp3) is 0.714. The molecule has 0 spiro atoms. The van der Waals surface area contributed by atoms with Crippen molar-refractivity contribution in [3.63, 3.8) is 0 Å². The molecule has 0 saturated heterocycles. The number of methoxy groups -OCH3 is 1. The molecule has 5 nitrogen and oxygen atoms in total. The van der Waals surface area contributed by atoms with Crippen LogP contribution < -0.4 is 5.32 Å². The number of ether oxygens (including phenoxy) is 2. The van der Waals surface area contributed by atoms with E-state index in [1.165, 1.54) is 7.11 Å². The zero-order chi connectivity index (χ0) is 9.56. The lowest BCUT2D eigenvalue weighted by Gasteiger charge is -2.07. The van der Waals surface area contributed by atoms with E-state index in [9.17, 15) is 9.59 Å². The van der Waals surface area contributed by atoms with Crippen molar-refractivity contribution >= 4 is 12.1 Å². The molecule has 0 aromatic carbocycles. The minimum absolute atomic E-state index is 0.162. The van der Waals surface area contributed by atoms with Gasteiger partial charge in [-0.2, -0.15) is 0 Å². The molecule has 5 heteroatoms. The van der Waals surface area contributed by atoms with Gasteiger partial charge in [0.05, 0.1) is 13.2 Å². The van der Waals surface area contributed by atoms with Gasteiger partial charge < -0.3 is 14.8 Å². The summed E-state index contributed by atoms with van der Waals surface area (Å²) in [4.78, 5) is 21.2. The first kappa shape index (κ1) is 10.7. The summed E-state index contributed by atoms with van der Waals surface area (Å²) >= 11 is 0. The molecule has 0 aromatic heterocycles. The molecule has 0 atom stereocenters. The predicted molar refractivity (Wildman–Crippen MR) is 41.6 cm³/mol. The van der Waals surface area contributed by atoms with Crippen LogP contribution in [0.5, 0.6) is 0 Å². The third-order valence-electron chi connectivity index (χ3n) is 0.930. The quantitative estimate of drug-likeness (QED) is 0.626. The van der Waals surface area contributed by atoms with Crippen LogP contribution in [0.4, 0.5) is 4.79 Å². The first-order valence-corrected chi connectivity index (χ1v) is 3.57. The fourth-order valence-electron chi connectivity index (χ4n) is 0.521. The smallest absolute Gasteiger partial charge is 0.407 e. The van der Waals surface area contributed by atoms with Crippen molar-refractivity contribution in [2.75, 3.05) is 13.7 Å². The summed E-state index contributed by atoms with van der Waals surface area (Å²) in [5.74, 6) is -0.476. The van der Waals surface area contributed by atoms with E-state index in [4.69, 9.17) is 4.74 Å². The number of amides is 1. The van der Waals surface area contributed by atoms with Crippen LogP contribution in [0.15, 0.2) is 0 Å². The maximum Gasteiger partial charge on any atom is 0.407 e. The molecule has 0 aliphatic rings. The third-order valence-corrected chi connectivity index (χ3v) is 0.930. The number of hydrogen-bond donors (Lipinski definition) is 1. The summed E-state index contributed by atoms with van der Waals surface area (Å²) in [7, 11) is 1.23. The van der Waals surface area contributed by atoms with Gasteiger partial charge in [0.15, 0.2) is 0 Å². The van der Waals surface area contributed by atoms with Crippen LogP contribution in [0, 0.1) is 0 Å². The lowest BCUT2D eigenvalue weighted by Crippen LogP contribution is -2.31. The van der Waals surface area contributed by atoms with E-state index in [1.807, 2.05) is 0 Å². The Morgan fingerprint density at radius 3 is 2.42 bits per heavy atom. The van der Waals surface area contributed by atoms with Crippen molar-refractivity contribution < 1.29 is 19.1 Å². The topological polar surface area (TPSA) is 64.6 Å². The van der Waals surface area contributed by atoms with Crippen molar-refractivity contribution in [1.82, 2.24) is 5.32 Å². The molecule has 0 rings (SSSR count). The standard InChI is InChI=1S/C7H13NO4/c1-5(2)12-6(9)4-8-7(10)11-3/h5H,4H2,1-3H3,(H,8,10). The second-order valence-electron chi connectivity index (χ2n) is 2.38. The molecule has 1 amide bonds. The van der Waals surface area contributed by atoms with Crippen molar-refractivity contribution in [2.24, 2.45) is 0 Å². The lowest BCUT2D eigenvalue weighted by atomic mass is 10.5. The van der Waals surface area contributed by atoms with Crippen LogP contribution in [0.25, 0.3) is 0 Å². The Hall–Kier alpha value is -1.26. The molecule has 12 heavy (non-hydrogen) atoms. The van der Waals surface area contributed by atoms with Crippen molar-refractivity contribution in [3.8, 4) is 0 Å². The van der Waals surface area contributed by atoms with Crippen molar-refractivity contribution in [3.05, 3.63) is 0 Å². The average Bonchev–Trinajstić information content (AvgIpc) is 1.99. The molecule has 0 bridgehead atoms. The van der Waals surface area contributed by atoms with E-state index >= 15 is 0 Å². The van der Waals surface area contributed by atoms with Gasteiger partial charge in [0, 0.05) is 0 Å². The van der Waals surface area contributed by atoms with E-state index in [2.05, 4.69) is 10.1 Å². The van der Waals surface area contributed by atoms with Crippen LogP contribution in [0.2, 0.25) is 0 Å². The Labute approximate surface area is 71.0 Å². The van der Waals surface area contributed by atoms with Gasteiger partial charge in [-0.15, -0.1) is 0 Å². The van der Waals surface area contributed by atoms with Gasteiger partial charge in [-0.25, -0.2) is 4.79 Å². The van der Waals surface area contributed by atoms with Gasteiger partial charge in [0.1, 0.15) is 6.54 Å². The fourth-order valence-corrected chi connectivity index (χ4v) is 0.521. The van der Waals surface area contributed by atoms with Crippen molar-refractivity contribution in [1.29, 1.82) is 0 Å². The monoisotopic (exact) mass is 175 g/mol. The summed E-state index contributed by atoms with van der Waals surface area (Å²) in [5, 5.41) is 2.20. The Balaban J connectivity index is 3.51. The Kier molecular flexibility index (Phi) is 4.83. The van der Waals surface area contributed by atoms with E-state index < -0.39 is 12.1 Å². The molecule has 0 aromatic rings. The van der Waals surface area contributed by atoms with Gasteiger partial charge in [0.25, 0.3) is 0 Å². The van der Waals surface area contributed by atoms with Crippen molar-refractivity contribution in [2.45, 2.75) is 20.0 Å². The minimum Gasteiger partial charge on any atom is -0.462 e. The molecular formula is C7H13NO4. The summed E-state index contributed by atoms with van der Waals surface area (Å²) in [6.45, 7) is 3.30. The number of carbonyl (C=O) groups is 2. The number of esters is 1. The Bertz CT molecular complexity index is 167. The van der Waals surface area contributed by atoms with Crippen LogP contribution in [0.3, 0.4) is 0 Å². The van der Waals surface area contributed by atoms with Crippen LogP contribution in [-0.2, 0) is 14.3 Å². The first-order valence-electron chi connectivity index (χ1n) is 3.57. The largest absolute Gasteiger partial charge is 0.462 e. The van der Waals surface area contributed by atoms with E-state index in [0.29, 0.717) is 0 Å². The molecule has 0 fully saturated rings. The molecule has 0 aliphatic heterocycles. The van der Waals surface area contributed by atoms with Gasteiger partial charge in [-0.1, -0.05) is 0 Å². The van der Waals surface area contributed by atoms with E-state index in [1.54, 1.807) is 13.8 Å². The molecule has 0 saturated carbocycles. The Morgan fingerprint density at radius 2 is 2.00 bits per heavy atom. The van der Waals surface area contributed by atoms with E-state index in [-0.39, 0.29) is 12.6 Å². The molecule has 0 heterocycles. The van der Waals surface area contributed by atoms with Gasteiger partial charge in [0.2, 0.25) is 0 Å². The van der Waals surface area contributed by atoms with E-state index in [0.717, 1.165) is 0 Å². The van der Waals surface area contributed by atoms with Crippen LogP contribution in [-0.4, -0.2) is 31.8 Å². The predicted octanol–water partition coefficient (Wildman–Crippen LogP) is 0.294. The number of alkyl carbamates (subject to hydrolysis) is 1. The minimum atomic E-state index is -0.643. The lowest BCUT2D eigenvalue weighted by molar-refractivity contribution is -0.146. The second kappa shape index (κ2) is 5.40. The molecular weight excluding hydrogens is 162 g/mol. The number of hydrogen-bond acceptors (Lipinski definition) is 4. The first-order chi connectivity index (χ1) is 5.56. The van der Waals surface area contributed by atoms with Gasteiger partial charge in [-0.05, 0) is 13.8 Å². The molecule has 1 N–H and O–H groups in total. The molecule has 0 aliphatic carbocycles. The van der Waals surface area contributed by atoms with Gasteiger partial charge >= 0.3 is 12.1 Å². The molecule has 0 unspecified atom stereocenters. The molecule has 0 radical (unpaired) electrons. The highest BCUT2D eigenvalue weighted by Gasteiger charge is 2.06. The maximum atomic E-state index is 10.8. The highest BCUT2D eigenvalue weighted by Crippen LogP contribution is 1.87. The highest BCUT2D eigenvalue weighted by molar-refractivity contribution is 5.77. The third kappa shape index (κ3) is 5.52. The summed E-state index contributed by atoms with van der Waals surface area (Å²) in [6.07, 6.45) is -0.812. The Morgan fingerprint density at radius 1 is 1.42 bits per heavy atom. The maximum absolute atomic E-state index is 10.8. The normalized spacial score (nSPS) is 9.33. The number of nitrogens with one attached hydrogen (secondary N) is 1. The zero-order valence-electron chi connectivity index (χ0n) is 7.42. The summed E-state index contributed by atoms with van der Waals surface area (Å²) in [5.41, 5.74) is 0. The average molecular weight is 175 g/mol. The van der Waals surface area contributed by atoms with Gasteiger partial charge in [-0.3, -0.25) is 4.79 Å². The second-order valence-corrected chi connectivity index (χ2v) is 2.38. The zero-order valence-corrected chi connectivity index (χ0v) is 7.42. The van der Waals surface area contributed by atoms with Crippen LogP contribution >= 0.6 is 0 Å². The number of rotatable bonds is 3. The SMILES string of the molecule is COC(=O)NCC(=O)OC(C)C. The highest BCUT2D eigenvalue weighted by atomic mass is 16.6. The summed E-state index contributed by atoms with van der Waals surface area (Å²) in [6, 6.07) is 0. The number of carbonyl (C=O) groups excluding carboxylic acids is 2. The van der Waals surface area contributed by atoms with Crippen LogP contribution in [0.1, 0.15) is 13.8 Å². The molecule has 70 valence electrons. The summed E-state index contributed by atoms with van der Waals surface area (Å²) < 4.78 is 8.98.